The first-order valence-electron chi connectivity index (χ1n) is 15.4. The summed E-state index contributed by atoms with van der Waals surface area (Å²) in [7, 11) is 0. The van der Waals surface area contributed by atoms with Crippen molar-refractivity contribution in [2.24, 2.45) is 5.92 Å². The van der Waals surface area contributed by atoms with E-state index in [9.17, 15) is 9.59 Å². The van der Waals surface area contributed by atoms with Crippen molar-refractivity contribution < 1.29 is 14.3 Å². The van der Waals surface area contributed by atoms with Gasteiger partial charge in [-0.15, -0.1) is 0 Å². The van der Waals surface area contributed by atoms with Crippen molar-refractivity contribution in [1.29, 1.82) is 0 Å². The van der Waals surface area contributed by atoms with Crippen molar-refractivity contribution >= 4 is 11.8 Å². The van der Waals surface area contributed by atoms with Crippen LogP contribution in [0.4, 0.5) is 0 Å². The second-order valence-electron chi connectivity index (χ2n) is 11.8. The highest BCUT2D eigenvalue weighted by molar-refractivity contribution is 5.88. The number of nitrogens with zero attached hydrogens (tertiary/aromatic N) is 5. The second kappa shape index (κ2) is 14.4. The highest BCUT2D eigenvalue weighted by Gasteiger charge is 2.24. The summed E-state index contributed by atoms with van der Waals surface area (Å²) in [5, 5.41) is 10.9. The van der Waals surface area contributed by atoms with E-state index in [0.717, 1.165) is 39.8 Å². The number of carbonyl (C=O) groups is 2. The Hall–Kier alpha value is -4.44. The Morgan fingerprint density at radius 3 is 2.66 bits per heavy atom. The van der Waals surface area contributed by atoms with Gasteiger partial charge in [-0.2, -0.15) is 5.10 Å². The van der Waals surface area contributed by atoms with E-state index in [1.165, 1.54) is 0 Å². The Bertz CT molecular complexity index is 1560. The van der Waals surface area contributed by atoms with Gasteiger partial charge in [0.15, 0.2) is 0 Å². The topological polar surface area (TPSA) is 106 Å². The number of benzene rings is 2. The molecule has 10 heteroatoms. The Morgan fingerprint density at radius 1 is 1.05 bits per heavy atom. The van der Waals surface area contributed by atoms with Gasteiger partial charge in [-0.1, -0.05) is 44.2 Å². The van der Waals surface area contributed by atoms with E-state index in [1.807, 2.05) is 77.0 Å². The Morgan fingerprint density at radius 2 is 1.86 bits per heavy atom. The third kappa shape index (κ3) is 7.74. The van der Waals surface area contributed by atoms with E-state index in [-0.39, 0.29) is 24.3 Å². The number of aromatic nitrogens is 4. The summed E-state index contributed by atoms with van der Waals surface area (Å²) >= 11 is 0. The zero-order valence-electron chi connectivity index (χ0n) is 26.1. The summed E-state index contributed by atoms with van der Waals surface area (Å²) in [6, 6.07) is 17.4. The highest BCUT2D eigenvalue weighted by atomic mass is 16.5. The van der Waals surface area contributed by atoms with E-state index in [0.29, 0.717) is 45.6 Å². The van der Waals surface area contributed by atoms with Crippen molar-refractivity contribution in [2.75, 3.05) is 26.2 Å². The number of rotatable bonds is 5. The van der Waals surface area contributed by atoms with Gasteiger partial charge in [0.25, 0.3) is 0 Å². The van der Waals surface area contributed by atoms with Gasteiger partial charge in [-0.25, -0.2) is 9.67 Å². The van der Waals surface area contributed by atoms with Gasteiger partial charge in [-0.3, -0.25) is 14.5 Å². The Kier molecular flexibility index (Phi) is 10.1. The predicted molar refractivity (Wildman–Crippen MR) is 170 cm³/mol. The zero-order valence-corrected chi connectivity index (χ0v) is 26.1. The molecule has 44 heavy (non-hydrogen) atoms. The number of carbonyl (C=O) groups excluding carboxylic acids is 2. The molecule has 0 saturated carbocycles. The van der Waals surface area contributed by atoms with Crippen LogP contribution in [0.25, 0.3) is 17.1 Å². The molecule has 2 aromatic carbocycles. The molecule has 0 spiro atoms. The maximum absolute atomic E-state index is 13.5. The number of para-hydroxylation sites is 1. The molecular weight excluding hydrogens is 554 g/mol. The van der Waals surface area contributed by atoms with Gasteiger partial charge in [0.1, 0.15) is 17.6 Å². The lowest BCUT2D eigenvalue weighted by molar-refractivity contribution is -0.130. The van der Waals surface area contributed by atoms with Crippen LogP contribution in [0.2, 0.25) is 0 Å². The number of hydrogen-bond donors (Lipinski definition) is 2. The van der Waals surface area contributed by atoms with E-state index in [2.05, 4.69) is 41.3 Å². The maximum atomic E-state index is 13.5. The van der Waals surface area contributed by atoms with Crippen LogP contribution in [0, 0.1) is 19.8 Å². The van der Waals surface area contributed by atoms with Crippen LogP contribution in [0.1, 0.15) is 43.6 Å². The molecule has 5 rings (SSSR count). The summed E-state index contributed by atoms with van der Waals surface area (Å²) in [4.78, 5) is 33.4. The number of fused-ring (bicyclic) bond motifs is 4. The molecule has 2 bridgehead atoms. The van der Waals surface area contributed by atoms with Crippen LogP contribution in [0.15, 0.2) is 67.0 Å². The minimum Gasteiger partial charge on any atom is -0.494 e. The SMILES string of the molecule is Cc1nn(-c2ccccc2)c(C)c1CN1CCCOc2cccc(c2)-c2nccn2CCNC(=O)[C@@H](CC(C)C)NC(=O)C1. The Balaban J connectivity index is 1.39. The Labute approximate surface area is 259 Å². The quantitative estimate of drug-likeness (QED) is 0.356. The normalized spacial score (nSPS) is 17.2. The first-order chi connectivity index (χ1) is 21.3. The molecule has 1 atom stereocenters. The fourth-order valence-electron chi connectivity index (χ4n) is 5.68. The summed E-state index contributed by atoms with van der Waals surface area (Å²) in [6.45, 7) is 11.0. The van der Waals surface area contributed by atoms with Crippen molar-refractivity contribution in [1.82, 2.24) is 34.9 Å². The summed E-state index contributed by atoms with van der Waals surface area (Å²) < 4.78 is 10.1. The highest BCUT2D eigenvalue weighted by Crippen LogP contribution is 2.23. The van der Waals surface area contributed by atoms with Crippen LogP contribution in [-0.2, 0) is 22.7 Å². The van der Waals surface area contributed by atoms with Gasteiger partial charge >= 0.3 is 0 Å². The fraction of sp³-hybridized carbons (Fsp3) is 0.412. The molecule has 4 aromatic rings. The average Bonchev–Trinajstić information content (AvgIpc) is 3.58. The van der Waals surface area contributed by atoms with Crippen LogP contribution in [-0.4, -0.2) is 68.3 Å². The molecule has 10 nitrogen and oxygen atoms in total. The summed E-state index contributed by atoms with van der Waals surface area (Å²) in [5.41, 5.74) is 5.00. The molecule has 2 amide bonds. The van der Waals surface area contributed by atoms with E-state index in [1.54, 1.807) is 6.20 Å². The fourth-order valence-corrected chi connectivity index (χ4v) is 5.68. The minimum atomic E-state index is -0.616. The monoisotopic (exact) mass is 597 g/mol. The summed E-state index contributed by atoms with van der Waals surface area (Å²) in [6.07, 6.45) is 4.93. The third-order valence-corrected chi connectivity index (χ3v) is 7.90. The third-order valence-electron chi connectivity index (χ3n) is 7.90. The number of nitrogens with one attached hydrogen (secondary N) is 2. The lowest BCUT2D eigenvalue weighted by Crippen LogP contribution is -2.50. The zero-order chi connectivity index (χ0) is 31.1. The molecule has 0 unspecified atom stereocenters. The number of ether oxygens (including phenoxy) is 1. The molecule has 0 radical (unpaired) electrons. The molecule has 1 aliphatic rings. The largest absolute Gasteiger partial charge is 0.494 e. The lowest BCUT2D eigenvalue weighted by atomic mass is 10.0. The van der Waals surface area contributed by atoms with Gasteiger partial charge in [0.05, 0.1) is 24.5 Å². The standard InChI is InChI=1S/C34H43N7O3/c1-24(2)20-31-34(43)36-15-18-40-17-14-35-33(40)27-10-8-13-29(21-27)44-19-9-16-39(23-32(42)37-31)22-30-25(3)38-41(26(30)4)28-11-6-5-7-12-28/h5-8,10-14,17,21,24,31H,9,15-16,18-20,22-23H2,1-4H3,(H,36,43)(H,37,42)/t31-/m1/s1. The smallest absolute Gasteiger partial charge is 0.242 e. The molecule has 3 heterocycles. The second-order valence-corrected chi connectivity index (χ2v) is 11.8. The van der Waals surface area contributed by atoms with Crippen LogP contribution >= 0.6 is 0 Å². The lowest BCUT2D eigenvalue weighted by Gasteiger charge is -2.25. The van der Waals surface area contributed by atoms with Crippen molar-refractivity contribution in [3.05, 3.63) is 83.9 Å². The van der Waals surface area contributed by atoms with Crippen LogP contribution in [0.5, 0.6) is 5.75 Å². The minimum absolute atomic E-state index is 0.158. The van der Waals surface area contributed by atoms with Gasteiger partial charge in [0.2, 0.25) is 11.8 Å². The van der Waals surface area contributed by atoms with Crippen LogP contribution < -0.4 is 15.4 Å². The molecule has 232 valence electrons. The molecule has 0 saturated heterocycles. The first kappa shape index (κ1) is 31.0. The van der Waals surface area contributed by atoms with Gasteiger partial charge in [-0.05, 0) is 56.9 Å². The van der Waals surface area contributed by atoms with Crippen molar-refractivity contribution in [2.45, 2.75) is 59.7 Å². The van der Waals surface area contributed by atoms with Crippen LogP contribution in [0.3, 0.4) is 0 Å². The first-order valence-corrected chi connectivity index (χ1v) is 15.4. The molecule has 2 aromatic heterocycles. The number of imidazole rings is 1. The number of hydrogen-bond acceptors (Lipinski definition) is 6. The number of aryl methyl sites for hydroxylation is 1. The molecule has 2 N–H and O–H groups in total. The molecular formula is C34H43N7O3. The maximum Gasteiger partial charge on any atom is 0.242 e. The van der Waals surface area contributed by atoms with Gasteiger partial charge < -0.3 is 19.9 Å². The predicted octanol–water partition coefficient (Wildman–Crippen LogP) is 4.28. The average molecular weight is 598 g/mol. The van der Waals surface area contributed by atoms with Gasteiger partial charge in [0, 0.05) is 55.4 Å². The van der Waals surface area contributed by atoms with E-state index < -0.39 is 6.04 Å². The summed E-state index contributed by atoms with van der Waals surface area (Å²) in [5.74, 6) is 1.46. The number of amides is 2. The van der Waals surface area contributed by atoms with Crippen molar-refractivity contribution in [3.8, 4) is 22.8 Å². The van der Waals surface area contributed by atoms with Crippen molar-refractivity contribution in [3.63, 3.8) is 0 Å². The molecule has 0 fully saturated rings. The van der Waals surface area contributed by atoms with E-state index in [4.69, 9.17) is 9.84 Å². The molecule has 1 aliphatic heterocycles. The van der Waals surface area contributed by atoms with E-state index >= 15 is 0 Å². The molecule has 0 aliphatic carbocycles.